The third kappa shape index (κ3) is 2.64. The normalized spacial score (nSPS) is 18.5. The molecule has 0 spiro atoms. The highest BCUT2D eigenvalue weighted by atomic mass is 19.1. The van der Waals surface area contributed by atoms with Crippen LogP contribution < -0.4 is 15.4 Å². The summed E-state index contributed by atoms with van der Waals surface area (Å²) in [6.45, 7) is 1.62. The van der Waals surface area contributed by atoms with Crippen molar-refractivity contribution < 1.29 is 9.13 Å². The first-order chi connectivity index (χ1) is 7.79. The maximum Gasteiger partial charge on any atom is 0.145 e. The molecule has 88 valence electrons. The van der Waals surface area contributed by atoms with E-state index in [9.17, 15) is 4.39 Å². The number of nitrogens with one attached hydrogen (secondary N) is 2. The van der Waals surface area contributed by atoms with Crippen molar-refractivity contribution in [2.45, 2.75) is 18.9 Å². The van der Waals surface area contributed by atoms with Gasteiger partial charge in [0.2, 0.25) is 0 Å². The molecular formula is C12H17FN2O. The Balaban J connectivity index is 1.93. The Morgan fingerprint density at radius 1 is 1.56 bits per heavy atom. The summed E-state index contributed by atoms with van der Waals surface area (Å²) in [7, 11) is 1.95. The maximum atomic E-state index is 12.9. The third-order valence-electron chi connectivity index (χ3n) is 2.72. The van der Waals surface area contributed by atoms with Crippen molar-refractivity contribution in [3.05, 3.63) is 24.0 Å². The molecule has 2 rings (SSSR count). The molecule has 0 radical (unpaired) electrons. The second-order valence-electron chi connectivity index (χ2n) is 4.04. The van der Waals surface area contributed by atoms with E-state index < -0.39 is 0 Å². The number of ether oxygens (including phenoxy) is 1. The van der Waals surface area contributed by atoms with Crippen LogP contribution in [-0.4, -0.2) is 26.2 Å². The fourth-order valence-electron chi connectivity index (χ4n) is 1.87. The number of hydrogen-bond donors (Lipinski definition) is 2. The SMILES string of the molecule is CNCCCC1COc2cc(F)ccc2N1. The van der Waals surface area contributed by atoms with E-state index >= 15 is 0 Å². The van der Waals surface area contributed by atoms with Crippen molar-refractivity contribution in [2.24, 2.45) is 0 Å². The molecule has 1 aliphatic rings. The fraction of sp³-hybridized carbons (Fsp3) is 0.500. The van der Waals surface area contributed by atoms with Crippen molar-refractivity contribution in [2.75, 3.05) is 25.5 Å². The van der Waals surface area contributed by atoms with Gasteiger partial charge in [-0.3, -0.25) is 0 Å². The Morgan fingerprint density at radius 2 is 2.44 bits per heavy atom. The molecule has 1 aliphatic heterocycles. The quantitative estimate of drug-likeness (QED) is 0.767. The first-order valence-corrected chi connectivity index (χ1v) is 5.63. The van der Waals surface area contributed by atoms with Crippen LogP contribution in [-0.2, 0) is 0 Å². The van der Waals surface area contributed by atoms with Crippen LogP contribution in [0.5, 0.6) is 5.75 Å². The zero-order chi connectivity index (χ0) is 11.4. The lowest BCUT2D eigenvalue weighted by molar-refractivity contribution is 0.275. The monoisotopic (exact) mass is 224 g/mol. The molecule has 0 saturated heterocycles. The molecule has 0 bridgehead atoms. The van der Waals surface area contributed by atoms with Gasteiger partial charge in [-0.2, -0.15) is 0 Å². The molecule has 0 fully saturated rings. The molecule has 4 heteroatoms. The summed E-state index contributed by atoms with van der Waals surface area (Å²) in [5, 5.41) is 6.48. The maximum absolute atomic E-state index is 12.9. The van der Waals surface area contributed by atoms with Gasteiger partial charge in [0.1, 0.15) is 18.2 Å². The lowest BCUT2D eigenvalue weighted by Crippen LogP contribution is -2.32. The smallest absolute Gasteiger partial charge is 0.145 e. The van der Waals surface area contributed by atoms with Crippen LogP contribution >= 0.6 is 0 Å². The number of benzene rings is 1. The van der Waals surface area contributed by atoms with Crippen molar-refractivity contribution in [3.63, 3.8) is 0 Å². The third-order valence-corrected chi connectivity index (χ3v) is 2.72. The van der Waals surface area contributed by atoms with Gasteiger partial charge >= 0.3 is 0 Å². The van der Waals surface area contributed by atoms with E-state index in [2.05, 4.69) is 10.6 Å². The fourth-order valence-corrected chi connectivity index (χ4v) is 1.87. The Kier molecular flexibility index (Phi) is 3.62. The summed E-state index contributed by atoms with van der Waals surface area (Å²) in [5.41, 5.74) is 0.891. The van der Waals surface area contributed by atoms with Crippen LogP contribution in [0.1, 0.15) is 12.8 Å². The summed E-state index contributed by atoms with van der Waals surface area (Å²) in [4.78, 5) is 0. The second kappa shape index (κ2) is 5.16. The number of fused-ring (bicyclic) bond motifs is 1. The lowest BCUT2D eigenvalue weighted by Gasteiger charge is -2.27. The molecule has 0 amide bonds. The molecule has 0 saturated carbocycles. The van der Waals surface area contributed by atoms with Gasteiger partial charge in [-0.1, -0.05) is 0 Å². The van der Waals surface area contributed by atoms with Crippen molar-refractivity contribution >= 4 is 5.69 Å². The zero-order valence-electron chi connectivity index (χ0n) is 9.42. The van der Waals surface area contributed by atoms with E-state index in [1.54, 1.807) is 6.07 Å². The van der Waals surface area contributed by atoms with Gasteiger partial charge in [-0.15, -0.1) is 0 Å². The van der Waals surface area contributed by atoms with Crippen molar-refractivity contribution in [3.8, 4) is 5.75 Å². The molecule has 1 atom stereocenters. The zero-order valence-corrected chi connectivity index (χ0v) is 9.42. The molecule has 1 aromatic carbocycles. The van der Waals surface area contributed by atoms with E-state index in [1.807, 2.05) is 7.05 Å². The first kappa shape index (κ1) is 11.2. The highest BCUT2D eigenvalue weighted by Gasteiger charge is 2.18. The summed E-state index contributed by atoms with van der Waals surface area (Å²) < 4.78 is 18.4. The van der Waals surface area contributed by atoms with E-state index in [1.165, 1.54) is 12.1 Å². The Morgan fingerprint density at radius 3 is 3.25 bits per heavy atom. The van der Waals surface area contributed by atoms with Crippen molar-refractivity contribution in [1.29, 1.82) is 0 Å². The van der Waals surface area contributed by atoms with Crippen LogP contribution in [0.4, 0.5) is 10.1 Å². The largest absolute Gasteiger partial charge is 0.489 e. The van der Waals surface area contributed by atoms with E-state index in [-0.39, 0.29) is 5.82 Å². The molecule has 2 N–H and O–H groups in total. The molecular weight excluding hydrogens is 207 g/mol. The van der Waals surface area contributed by atoms with Gasteiger partial charge < -0.3 is 15.4 Å². The van der Waals surface area contributed by atoms with Crippen LogP contribution in [0, 0.1) is 5.82 Å². The Hall–Kier alpha value is -1.29. The minimum atomic E-state index is -0.255. The van der Waals surface area contributed by atoms with E-state index in [0.717, 1.165) is 25.1 Å². The van der Waals surface area contributed by atoms with Gasteiger partial charge in [-0.05, 0) is 38.6 Å². The van der Waals surface area contributed by atoms with Gasteiger partial charge in [0.05, 0.1) is 11.7 Å². The predicted octanol–water partition coefficient (Wildman–Crippen LogP) is 2.00. The summed E-state index contributed by atoms with van der Waals surface area (Å²) in [5.74, 6) is 0.360. The molecule has 1 aromatic rings. The molecule has 0 aromatic heterocycles. The molecule has 0 aliphatic carbocycles. The summed E-state index contributed by atoms with van der Waals surface area (Å²) in [6, 6.07) is 4.93. The standard InChI is InChI=1S/C12H17FN2O/c1-14-6-2-3-10-8-16-12-7-9(13)4-5-11(12)15-10/h4-5,7,10,14-15H,2-3,6,8H2,1H3. The number of hydrogen-bond acceptors (Lipinski definition) is 3. The predicted molar refractivity (Wildman–Crippen MR) is 62.5 cm³/mol. The van der Waals surface area contributed by atoms with Gasteiger partial charge in [0, 0.05) is 6.07 Å². The average Bonchev–Trinajstić information content (AvgIpc) is 2.29. The number of halogens is 1. The molecule has 1 unspecified atom stereocenters. The van der Waals surface area contributed by atoms with Crippen molar-refractivity contribution in [1.82, 2.24) is 5.32 Å². The van der Waals surface area contributed by atoms with Gasteiger partial charge in [0.15, 0.2) is 0 Å². The number of rotatable bonds is 4. The Labute approximate surface area is 95.0 Å². The summed E-state index contributed by atoms with van der Waals surface area (Å²) >= 11 is 0. The second-order valence-corrected chi connectivity index (χ2v) is 4.04. The highest BCUT2D eigenvalue weighted by Crippen LogP contribution is 2.30. The first-order valence-electron chi connectivity index (χ1n) is 5.63. The topological polar surface area (TPSA) is 33.3 Å². The minimum Gasteiger partial charge on any atom is -0.489 e. The molecule has 1 heterocycles. The minimum absolute atomic E-state index is 0.255. The van der Waals surface area contributed by atoms with Crippen LogP contribution in [0.3, 0.4) is 0 Å². The van der Waals surface area contributed by atoms with Crippen LogP contribution in [0.25, 0.3) is 0 Å². The van der Waals surface area contributed by atoms with Crippen LogP contribution in [0.2, 0.25) is 0 Å². The average molecular weight is 224 g/mol. The van der Waals surface area contributed by atoms with E-state index in [4.69, 9.17) is 4.74 Å². The molecule has 16 heavy (non-hydrogen) atoms. The lowest BCUT2D eigenvalue weighted by atomic mass is 10.1. The highest BCUT2D eigenvalue weighted by molar-refractivity contribution is 5.58. The Bertz CT molecular complexity index is 357. The van der Waals surface area contributed by atoms with Crippen LogP contribution in [0.15, 0.2) is 18.2 Å². The van der Waals surface area contributed by atoms with Gasteiger partial charge in [-0.25, -0.2) is 4.39 Å². The summed E-state index contributed by atoms with van der Waals surface area (Å²) in [6.07, 6.45) is 2.16. The van der Waals surface area contributed by atoms with Gasteiger partial charge in [0.25, 0.3) is 0 Å². The number of anilines is 1. The molecule has 3 nitrogen and oxygen atoms in total. The van der Waals surface area contributed by atoms with E-state index in [0.29, 0.717) is 18.4 Å².